The van der Waals surface area contributed by atoms with Gasteiger partial charge in [-0.05, 0) is 25.5 Å². The van der Waals surface area contributed by atoms with Crippen LogP contribution in [0.25, 0.3) is 0 Å². The predicted octanol–water partition coefficient (Wildman–Crippen LogP) is 2.02. The normalized spacial score (nSPS) is 28.6. The van der Waals surface area contributed by atoms with Crippen LogP contribution in [-0.4, -0.2) is 24.0 Å². The van der Waals surface area contributed by atoms with Gasteiger partial charge in [0.1, 0.15) is 6.17 Å². The summed E-state index contributed by atoms with van der Waals surface area (Å²) < 4.78 is 18.0. The second-order valence-electron chi connectivity index (χ2n) is 3.98. The van der Waals surface area contributed by atoms with Crippen molar-refractivity contribution in [2.24, 2.45) is 5.41 Å². The Morgan fingerprint density at radius 1 is 1.73 bits per heavy atom. The molecule has 0 aromatic carbocycles. The van der Waals surface area contributed by atoms with Crippen molar-refractivity contribution >= 4 is 5.78 Å². The lowest BCUT2D eigenvalue weighted by Gasteiger charge is -2.09. The van der Waals surface area contributed by atoms with Gasteiger partial charge in [0.25, 0.3) is 0 Å². The number of hydrogen-bond acceptors (Lipinski definition) is 3. The molecule has 0 bridgehead atoms. The fourth-order valence-electron chi connectivity index (χ4n) is 1.58. The van der Waals surface area contributed by atoms with Crippen LogP contribution in [0.1, 0.15) is 23.7 Å². The van der Waals surface area contributed by atoms with Crippen LogP contribution in [0.2, 0.25) is 0 Å². The molecule has 0 amide bonds. The summed E-state index contributed by atoms with van der Waals surface area (Å²) >= 11 is 0. The van der Waals surface area contributed by atoms with E-state index in [1.807, 2.05) is 0 Å². The first-order chi connectivity index (χ1) is 7.09. The Bertz CT molecular complexity index is 407. The highest BCUT2D eigenvalue weighted by atomic mass is 19.1. The number of alkyl halides is 1. The van der Waals surface area contributed by atoms with E-state index in [9.17, 15) is 9.18 Å². The van der Waals surface area contributed by atoms with E-state index >= 15 is 0 Å². The number of pyridine rings is 1. The van der Waals surface area contributed by atoms with Crippen LogP contribution in [0.4, 0.5) is 4.39 Å². The molecule has 0 spiro atoms. The number of aromatic nitrogens is 1. The van der Waals surface area contributed by atoms with Crippen molar-refractivity contribution in [2.75, 3.05) is 7.11 Å². The average Bonchev–Trinajstić information content (AvgIpc) is 2.87. The number of halogens is 1. The van der Waals surface area contributed by atoms with Gasteiger partial charge in [0.15, 0.2) is 5.78 Å². The zero-order valence-corrected chi connectivity index (χ0v) is 8.66. The van der Waals surface area contributed by atoms with Crippen LogP contribution >= 0.6 is 0 Å². The summed E-state index contributed by atoms with van der Waals surface area (Å²) in [6, 6.07) is 3.26. The third-order valence-electron chi connectivity index (χ3n) is 2.86. The highest BCUT2D eigenvalue weighted by Gasteiger charge is 2.57. The topological polar surface area (TPSA) is 39.2 Å². The third-order valence-corrected chi connectivity index (χ3v) is 2.86. The maximum atomic E-state index is 13.0. The summed E-state index contributed by atoms with van der Waals surface area (Å²) in [5, 5.41) is 0. The monoisotopic (exact) mass is 209 g/mol. The molecular weight excluding hydrogens is 197 g/mol. The van der Waals surface area contributed by atoms with Gasteiger partial charge in [-0.3, -0.25) is 4.79 Å². The molecule has 4 heteroatoms. The van der Waals surface area contributed by atoms with Gasteiger partial charge < -0.3 is 4.74 Å². The summed E-state index contributed by atoms with van der Waals surface area (Å²) in [7, 11) is 1.45. The number of Topliss-reactive ketones (excluding diaryl/α,β-unsaturated/α-hetero) is 1. The largest absolute Gasteiger partial charge is 0.480 e. The molecule has 0 N–H and O–H groups in total. The zero-order chi connectivity index (χ0) is 11.1. The van der Waals surface area contributed by atoms with Gasteiger partial charge in [-0.2, -0.15) is 0 Å². The molecule has 2 unspecified atom stereocenters. The van der Waals surface area contributed by atoms with Crippen LogP contribution < -0.4 is 4.74 Å². The molecular formula is C11H12FNO2. The van der Waals surface area contributed by atoms with Gasteiger partial charge in [0.05, 0.1) is 18.1 Å². The predicted molar refractivity (Wildman–Crippen MR) is 52.7 cm³/mol. The molecule has 15 heavy (non-hydrogen) atoms. The van der Waals surface area contributed by atoms with Gasteiger partial charge in [0.2, 0.25) is 5.88 Å². The molecule has 1 saturated carbocycles. The summed E-state index contributed by atoms with van der Waals surface area (Å²) in [6.45, 7) is 1.63. The number of hydrogen-bond donors (Lipinski definition) is 0. The molecule has 0 aliphatic heterocycles. The Kier molecular flexibility index (Phi) is 2.21. The van der Waals surface area contributed by atoms with Gasteiger partial charge in [-0.25, -0.2) is 9.37 Å². The van der Waals surface area contributed by atoms with E-state index in [0.29, 0.717) is 12.0 Å². The SMILES string of the molecule is COc1ncccc1C(=O)C1(C)CC1F. The van der Waals surface area contributed by atoms with Gasteiger partial charge in [-0.15, -0.1) is 0 Å². The van der Waals surface area contributed by atoms with E-state index in [-0.39, 0.29) is 11.7 Å². The van der Waals surface area contributed by atoms with E-state index in [0.717, 1.165) is 0 Å². The van der Waals surface area contributed by atoms with E-state index in [4.69, 9.17) is 4.74 Å². The molecule has 1 fully saturated rings. The summed E-state index contributed by atoms with van der Waals surface area (Å²) in [5.41, 5.74) is -0.501. The van der Waals surface area contributed by atoms with E-state index in [1.165, 1.54) is 13.3 Å². The Labute approximate surface area is 87.3 Å². The number of methoxy groups -OCH3 is 1. The second-order valence-corrected chi connectivity index (χ2v) is 3.98. The molecule has 3 nitrogen and oxygen atoms in total. The van der Waals surface area contributed by atoms with Crippen molar-refractivity contribution in [1.29, 1.82) is 0 Å². The standard InChI is InChI=1S/C11H12FNO2/c1-11(6-8(11)12)9(14)7-4-3-5-13-10(7)15-2/h3-5,8H,6H2,1-2H3. The zero-order valence-electron chi connectivity index (χ0n) is 8.66. The van der Waals surface area contributed by atoms with Gasteiger partial charge >= 0.3 is 0 Å². The average molecular weight is 209 g/mol. The molecule has 2 rings (SSSR count). The molecule has 1 aliphatic carbocycles. The first-order valence-electron chi connectivity index (χ1n) is 4.77. The van der Waals surface area contributed by atoms with Crippen molar-refractivity contribution in [2.45, 2.75) is 19.5 Å². The summed E-state index contributed by atoms with van der Waals surface area (Å²) in [4.78, 5) is 15.9. The maximum Gasteiger partial charge on any atom is 0.224 e. The number of carbonyl (C=O) groups excluding carboxylic acids is 1. The smallest absolute Gasteiger partial charge is 0.224 e. The van der Waals surface area contributed by atoms with Crippen molar-refractivity contribution in [3.8, 4) is 5.88 Å². The molecule has 1 aliphatic rings. The lowest BCUT2D eigenvalue weighted by molar-refractivity contribution is 0.0889. The van der Waals surface area contributed by atoms with Crippen LogP contribution in [0, 0.1) is 5.41 Å². The number of ether oxygens (including phenoxy) is 1. The minimum Gasteiger partial charge on any atom is -0.480 e. The maximum absolute atomic E-state index is 13.0. The van der Waals surface area contributed by atoms with Crippen LogP contribution in [0.15, 0.2) is 18.3 Å². The van der Waals surface area contributed by atoms with Crippen molar-refractivity contribution in [1.82, 2.24) is 4.98 Å². The van der Waals surface area contributed by atoms with E-state index < -0.39 is 11.6 Å². The lowest BCUT2D eigenvalue weighted by Crippen LogP contribution is -2.16. The number of ketones is 1. The molecule has 0 radical (unpaired) electrons. The summed E-state index contributed by atoms with van der Waals surface area (Å²) in [6.07, 6.45) is 0.802. The first-order valence-corrected chi connectivity index (χ1v) is 4.77. The van der Waals surface area contributed by atoms with E-state index in [2.05, 4.69) is 4.98 Å². The van der Waals surface area contributed by atoms with Crippen LogP contribution in [0.3, 0.4) is 0 Å². The quantitative estimate of drug-likeness (QED) is 0.715. The number of rotatable bonds is 3. The van der Waals surface area contributed by atoms with E-state index in [1.54, 1.807) is 19.1 Å². The van der Waals surface area contributed by atoms with Gasteiger partial charge in [-0.1, -0.05) is 0 Å². The fraction of sp³-hybridized carbons (Fsp3) is 0.455. The fourth-order valence-corrected chi connectivity index (χ4v) is 1.58. The van der Waals surface area contributed by atoms with Crippen molar-refractivity contribution < 1.29 is 13.9 Å². The van der Waals surface area contributed by atoms with Crippen molar-refractivity contribution in [3.63, 3.8) is 0 Å². The molecule has 1 aromatic rings. The Balaban J connectivity index is 2.34. The molecule has 80 valence electrons. The number of carbonyl (C=O) groups is 1. The minimum absolute atomic E-state index is 0.222. The Morgan fingerprint density at radius 2 is 2.40 bits per heavy atom. The Hall–Kier alpha value is -1.45. The molecule has 0 saturated heterocycles. The second kappa shape index (κ2) is 3.29. The lowest BCUT2D eigenvalue weighted by atomic mass is 9.97. The summed E-state index contributed by atoms with van der Waals surface area (Å²) in [5.74, 6) is 0.0442. The third kappa shape index (κ3) is 1.50. The highest BCUT2D eigenvalue weighted by molar-refractivity contribution is 6.04. The number of nitrogens with zero attached hydrogens (tertiary/aromatic N) is 1. The molecule has 2 atom stereocenters. The highest BCUT2D eigenvalue weighted by Crippen LogP contribution is 2.51. The first kappa shape index (κ1) is 10.1. The molecule has 1 heterocycles. The van der Waals surface area contributed by atoms with Crippen LogP contribution in [-0.2, 0) is 0 Å². The minimum atomic E-state index is -1.03. The van der Waals surface area contributed by atoms with Crippen LogP contribution in [0.5, 0.6) is 5.88 Å². The molecule has 1 aromatic heterocycles. The van der Waals surface area contributed by atoms with Crippen molar-refractivity contribution in [3.05, 3.63) is 23.9 Å². The van der Waals surface area contributed by atoms with Gasteiger partial charge in [0, 0.05) is 6.20 Å². The Morgan fingerprint density at radius 3 is 2.93 bits per heavy atom.